The molecule has 0 bridgehead atoms. The molecule has 0 spiro atoms. The van der Waals surface area contributed by atoms with Gasteiger partial charge in [-0.25, -0.2) is 4.98 Å². The molecule has 98 valence electrons. The van der Waals surface area contributed by atoms with Crippen LogP contribution in [-0.2, 0) is 6.54 Å². The summed E-state index contributed by atoms with van der Waals surface area (Å²) in [4.78, 5) is 4.55. The van der Waals surface area contributed by atoms with Crippen molar-refractivity contribution in [3.8, 4) is 0 Å². The number of fused-ring (bicyclic) bond motifs is 1. The molecule has 0 aliphatic rings. The number of aryl methyl sites for hydroxylation is 1. The number of rotatable bonds is 5. The first-order valence-corrected chi connectivity index (χ1v) is 6.58. The molecular weight excluding hydrogens is 250 g/mol. The molecule has 1 aromatic heterocycles. The number of halogens is 1. The number of aliphatic hydroxyl groups is 1. The fourth-order valence-electron chi connectivity index (χ4n) is 2.16. The molecule has 0 aliphatic heterocycles. The zero-order valence-corrected chi connectivity index (χ0v) is 11.2. The van der Waals surface area contributed by atoms with Gasteiger partial charge in [-0.3, -0.25) is 0 Å². The van der Waals surface area contributed by atoms with Crippen LogP contribution < -0.4 is 5.73 Å². The van der Waals surface area contributed by atoms with E-state index in [0.717, 1.165) is 29.8 Å². The SMILES string of the molecule is CCCn1c(C(N)CCO)nc2cccc(Cl)c21. The van der Waals surface area contributed by atoms with E-state index in [-0.39, 0.29) is 12.6 Å². The summed E-state index contributed by atoms with van der Waals surface area (Å²) in [6.45, 7) is 2.99. The van der Waals surface area contributed by atoms with Crippen LogP contribution in [0.3, 0.4) is 0 Å². The maximum Gasteiger partial charge on any atom is 0.126 e. The minimum atomic E-state index is -0.259. The van der Waals surface area contributed by atoms with Crippen LogP contribution in [0, 0.1) is 0 Å². The second kappa shape index (κ2) is 5.69. The minimum Gasteiger partial charge on any atom is -0.396 e. The number of nitrogens with zero attached hydrogens (tertiary/aromatic N) is 2. The Morgan fingerprint density at radius 2 is 2.28 bits per heavy atom. The van der Waals surface area contributed by atoms with Gasteiger partial charge in [-0.05, 0) is 25.0 Å². The van der Waals surface area contributed by atoms with Gasteiger partial charge in [-0.2, -0.15) is 0 Å². The smallest absolute Gasteiger partial charge is 0.126 e. The highest BCUT2D eigenvalue weighted by atomic mass is 35.5. The number of aliphatic hydroxyl groups excluding tert-OH is 1. The third-order valence-electron chi connectivity index (χ3n) is 2.97. The van der Waals surface area contributed by atoms with Crippen LogP contribution in [0.5, 0.6) is 0 Å². The van der Waals surface area contributed by atoms with Gasteiger partial charge < -0.3 is 15.4 Å². The second-order valence-electron chi connectivity index (χ2n) is 4.35. The average molecular weight is 268 g/mol. The van der Waals surface area contributed by atoms with Gasteiger partial charge in [0.2, 0.25) is 0 Å². The summed E-state index contributed by atoms with van der Waals surface area (Å²) >= 11 is 6.24. The Morgan fingerprint density at radius 1 is 1.50 bits per heavy atom. The summed E-state index contributed by atoms with van der Waals surface area (Å²) < 4.78 is 2.07. The highest BCUT2D eigenvalue weighted by Gasteiger charge is 2.17. The quantitative estimate of drug-likeness (QED) is 0.875. The number of para-hydroxylation sites is 1. The van der Waals surface area contributed by atoms with Crippen LogP contribution in [0.2, 0.25) is 5.02 Å². The molecule has 0 saturated heterocycles. The fraction of sp³-hybridized carbons (Fsp3) is 0.462. The molecule has 0 radical (unpaired) electrons. The second-order valence-corrected chi connectivity index (χ2v) is 4.76. The number of benzene rings is 1. The van der Waals surface area contributed by atoms with E-state index >= 15 is 0 Å². The van der Waals surface area contributed by atoms with Gasteiger partial charge in [0.05, 0.1) is 22.1 Å². The van der Waals surface area contributed by atoms with Crippen molar-refractivity contribution in [3.63, 3.8) is 0 Å². The number of hydrogen-bond acceptors (Lipinski definition) is 3. The van der Waals surface area contributed by atoms with Crippen molar-refractivity contribution in [2.75, 3.05) is 6.61 Å². The van der Waals surface area contributed by atoms with Crippen LogP contribution in [0.4, 0.5) is 0 Å². The molecule has 0 aliphatic carbocycles. The lowest BCUT2D eigenvalue weighted by atomic mass is 10.2. The topological polar surface area (TPSA) is 64.1 Å². The maximum atomic E-state index is 9.01. The molecule has 0 saturated carbocycles. The van der Waals surface area contributed by atoms with Gasteiger partial charge in [0.1, 0.15) is 5.82 Å². The summed E-state index contributed by atoms with van der Waals surface area (Å²) in [7, 11) is 0. The van der Waals surface area contributed by atoms with Crippen LogP contribution in [0.1, 0.15) is 31.6 Å². The predicted octanol–water partition coefficient (Wildman–Crippen LogP) is 2.48. The van der Waals surface area contributed by atoms with Crippen molar-refractivity contribution in [2.24, 2.45) is 5.73 Å². The lowest BCUT2D eigenvalue weighted by molar-refractivity contribution is 0.273. The molecule has 18 heavy (non-hydrogen) atoms. The van der Waals surface area contributed by atoms with Crippen LogP contribution in [0.15, 0.2) is 18.2 Å². The summed E-state index contributed by atoms with van der Waals surface area (Å²) in [5, 5.41) is 9.70. The Hall–Kier alpha value is -1.10. The first-order chi connectivity index (χ1) is 8.69. The van der Waals surface area contributed by atoms with Crippen LogP contribution in [-0.4, -0.2) is 21.3 Å². The van der Waals surface area contributed by atoms with Gasteiger partial charge in [0.15, 0.2) is 0 Å². The number of nitrogens with two attached hydrogens (primary N) is 1. The summed E-state index contributed by atoms with van der Waals surface area (Å²) in [6, 6.07) is 5.42. The number of hydrogen-bond donors (Lipinski definition) is 2. The summed E-state index contributed by atoms with van der Waals surface area (Å²) in [5.41, 5.74) is 7.86. The lowest BCUT2D eigenvalue weighted by Gasteiger charge is -2.13. The fourth-order valence-corrected chi connectivity index (χ4v) is 2.43. The highest BCUT2D eigenvalue weighted by Crippen LogP contribution is 2.27. The molecule has 4 nitrogen and oxygen atoms in total. The van der Waals surface area contributed by atoms with Gasteiger partial charge >= 0.3 is 0 Å². The summed E-state index contributed by atoms with van der Waals surface area (Å²) in [6.07, 6.45) is 1.49. The van der Waals surface area contributed by atoms with Crippen molar-refractivity contribution in [3.05, 3.63) is 29.0 Å². The van der Waals surface area contributed by atoms with Gasteiger partial charge in [0.25, 0.3) is 0 Å². The van der Waals surface area contributed by atoms with Crippen LogP contribution >= 0.6 is 11.6 Å². The van der Waals surface area contributed by atoms with Crippen LogP contribution in [0.25, 0.3) is 11.0 Å². The first kappa shape index (κ1) is 13.3. The zero-order valence-electron chi connectivity index (χ0n) is 10.4. The van der Waals surface area contributed by atoms with E-state index in [9.17, 15) is 0 Å². The van der Waals surface area contributed by atoms with Gasteiger partial charge in [-0.15, -0.1) is 0 Å². The van der Waals surface area contributed by atoms with Gasteiger partial charge in [0, 0.05) is 13.2 Å². The van der Waals surface area contributed by atoms with Crippen molar-refractivity contribution in [1.82, 2.24) is 9.55 Å². The maximum absolute atomic E-state index is 9.01. The third-order valence-corrected chi connectivity index (χ3v) is 3.27. The lowest BCUT2D eigenvalue weighted by Crippen LogP contribution is -2.18. The van der Waals surface area contributed by atoms with Crippen molar-refractivity contribution in [1.29, 1.82) is 0 Å². The van der Waals surface area contributed by atoms with E-state index in [0.29, 0.717) is 11.4 Å². The van der Waals surface area contributed by atoms with E-state index in [4.69, 9.17) is 22.4 Å². The minimum absolute atomic E-state index is 0.0598. The van der Waals surface area contributed by atoms with E-state index in [1.807, 2.05) is 18.2 Å². The Bertz CT molecular complexity index is 538. The molecule has 0 amide bonds. The first-order valence-electron chi connectivity index (χ1n) is 6.20. The van der Waals surface area contributed by atoms with Crippen molar-refractivity contribution < 1.29 is 5.11 Å². The molecular formula is C13H18ClN3O. The standard InChI is InChI=1S/C13H18ClN3O/c1-2-7-17-12-9(14)4-3-5-11(12)16-13(17)10(15)6-8-18/h3-5,10,18H,2,6-8,15H2,1H3. The molecule has 0 fully saturated rings. The number of aromatic nitrogens is 2. The van der Waals surface area contributed by atoms with E-state index in [2.05, 4.69) is 16.5 Å². The van der Waals surface area contributed by atoms with Crippen molar-refractivity contribution >= 4 is 22.6 Å². The Morgan fingerprint density at radius 3 is 2.94 bits per heavy atom. The molecule has 1 heterocycles. The predicted molar refractivity (Wildman–Crippen MR) is 73.7 cm³/mol. The van der Waals surface area contributed by atoms with Crippen molar-refractivity contribution in [2.45, 2.75) is 32.4 Å². The Labute approximate surface area is 111 Å². The Balaban J connectivity index is 2.58. The molecule has 2 rings (SSSR count). The normalized spacial score (nSPS) is 13.1. The molecule has 1 unspecified atom stereocenters. The van der Waals surface area contributed by atoms with Gasteiger partial charge in [-0.1, -0.05) is 24.6 Å². The van der Waals surface area contributed by atoms with E-state index in [1.54, 1.807) is 0 Å². The number of imidazole rings is 1. The largest absolute Gasteiger partial charge is 0.396 e. The monoisotopic (exact) mass is 267 g/mol. The molecule has 1 aromatic carbocycles. The average Bonchev–Trinajstić information content (AvgIpc) is 2.70. The molecule has 5 heteroatoms. The molecule has 1 atom stereocenters. The van der Waals surface area contributed by atoms with E-state index < -0.39 is 0 Å². The highest BCUT2D eigenvalue weighted by molar-refractivity contribution is 6.35. The van der Waals surface area contributed by atoms with E-state index in [1.165, 1.54) is 0 Å². The summed E-state index contributed by atoms with van der Waals surface area (Å²) in [5.74, 6) is 0.800. The Kier molecular flexibility index (Phi) is 4.22. The molecule has 3 N–H and O–H groups in total. The zero-order chi connectivity index (χ0) is 13.1. The third kappa shape index (κ3) is 2.36. The molecule has 2 aromatic rings.